The maximum atomic E-state index is 8.73. The molecule has 15 heavy (non-hydrogen) atoms. The number of hydrogen-bond acceptors (Lipinski definition) is 3. The summed E-state index contributed by atoms with van der Waals surface area (Å²) in [6.07, 6.45) is 0. The van der Waals surface area contributed by atoms with Crippen LogP contribution in [0.5, 0.6) is 0 Å². The van der Waals surface area contributed by atoms with Crippen LogP contribution in [0.1, 0.15) is 12.5 Å². The number of aliphatic hydroxyl groups is 2. The van der Waals surface area contributed by atoms with Crippen LogP contribution in [0, 0.1) is 6.92 Å². The number of nitrogens with zero attached hydrogens (tertiary/aromatic N) is 1. The quantitative estimate of drug-likeness (QED) is 0.794. The van der Waals surface area contributed by atoms with Gasteiger partial charge in [0.25, 0.3) is 0 Å². The van der Waals surface area contributed by atoms with Crippen molar-refractivity contribution in [2.45, 2.75) is 13.8 Å². The van der Waals surface area contributed by atoms with Gasteiger partial charge in [-0.2, -0.15) is 0 Å². The van der Waals surface area contributed by atoms with Gasteiger partial charge in [0.1, 0.15) is 0 Å². The Labute approximate surface area is 92.0 Å². The fourth-order valence-electron chi connectivity index (χ4n) is 1.14. The molecule has 0 spiro atoms. The lowest BCUT2D eigenvalue weighted by Crippen LogP contribution is -2.20. The first kappa shape index (κ1) is 13.9. The fraction of sp³-hybridized carbons (Fsp3) is 0.500. The summed E-state index contributed by atoms with van der Waals surface area (Å²) >= 11 is 0. The highest BCUT2D eigenvalue weighted by molar-refractivity contribution is 5.47. The Morgan fingerprint density at radius 2 is 1.87 bits per heavy atom. The van der Waals surface area contributed by atoms with Gasteiger partial charge in [-0.1, -0.05) is 12.1 Å². The van der Waals surface area contributed by atoms with Gasteiger partial charge in [0, 0.05) is 25.9 Å². The van der Waals surface area contributed by atoms with E-state index < -0.39 is 0 Å². The molecule has 2 N–H and O–H groups in total. The number of likely N-dealkylation sites (N-methyl/N-ethyl adjacent to an activating group) is 1. The molecule has 0 heterocycles. The highest BCUT2D eigenvalue weighted by Gasteiger charge is 1.98. The minimum absolute atomic E-state index is 0.199. The van der Waals surface area contributed by atoms with Gasteiger partial charge in [0.2, 0.25) is 0 Å². The van der Waals surface area contributed by atoms with Crippen LogP contribution < -0.4 is 4.90 Å². The van der Waals surface area contributed by atoms with Crippen molar-refractivity contribution in [3.8, 4) is 0 Å². The Morgan fingerprint density at radius 3 is 2.33 bits per heavy atom. The maximum Gasteiger partial charge on any atom is 0.0606 e. The average Bonchev–Trinajstić information content (AvgIpc) is 2.19. The average molecular weight is 211 g/mol. The predicted octanol–water partition coefficient (Wildman–Crippen LogP) is 1.42. The van der Waals surface area contributed by atoms with Crippen LogP contribution in [0.15, 0.2) is 24.3 Å². The van der Waals surface area contributed by atoms with Gasteiger partial charge in [-0.3, -0.25) is 0 Å². The summed E-state index contributed by atoms with van der Waals surface area (Å²) in [5, 5.41) is 16.3. The van der Waals surface area contributed by atoms with Crippen LogP contribution in [-0.2, 0) is 0 Å². The Kier molecular flexibility index (Phi) is 7.68. The third-order valence-electron chi connectivity index (χ3n) is 1.88. The minimum atomic E-state index is 0.199. The van der Waals surface area contributed by atoms with Gasteiger partial charge in [-0.15, -0.1) is 0 Å². The van der Waals surface area contributed by atoms with Crippen molar-refractivity contribution in [3.63, 3.8) is 0 Å². The van der Waals surface area contributed by atoms with Crippen molar-refractivity contribution in [1.29, 1.82) is 0 Å². The number of rotatable bonds is 3. The summed E-state index contributed by atoms with van der Waals surface area (Å²) in [6, 6.07) is 8.24. The summed E-state index contributed by atoms with van der Waals surface area (Å²) in [5.41, 5.74) is 2.40. The van der Waals surface area contributed by atoms with E-state index in [1.165, 1.54) is 5.56 Å². The van der Waals surface area contributed by atoms with E-state index in [0.29, 0.717) is 6.54 Å². The molecule has 0 saturated heterocycles. The number of aliphatic hydroxyl groups excluding tert-OH is 2. The summed E-state index contributed by atoms with van der Waals surface area (Å²) < 4.78 is 0. The van der Waals surface area contributed by atoms with E-state index in [4.69, 9.17) is 10.2 Å². The zero-order valence-electron chi connectivity index (χ0n) is 9.77. The van der Waals surface area contributed by atoms with Crippen LogP contribution in [0.2, 0.25) is 0 Å². The van der Waals surface area contributed by atoms with Crippen LogP contribution in [0.4, 0.5) is 5.69 Å². The van der Waals surface area contributed by atoms with Crippen LogP contribution in [0.3, 0.4) is 0 Å². The van der Waals surface area contributed by atoms with Gasteiger partial charge in [-0.05, 0) is 31.5 Å². The van der Waals surface area contributed by atoms with Crippen LogP contribution in [-0.4, -0.2) is 37.0 Å². The van der Waals surface area contributed by atoms with Crippen LogP contribution >= 0.6 is 0 Å². The van der Waals surface area contributed by atoms with Gasteiger partial charge in [0.05, 0.1) is 6.61 Å². The van der Waals surface area contributed by atoms with Crippen molar-refractivity contribution < 1.29 is 10.2 Å². The van der Waals surface area contributed by atoms with E-state index in [9.17, 15) is 0 Å². The van der Waals surface area contributed by atoms with E-state index in [0.717, 1.165) is 5.69 Å². The molecular weight excluding hydrogens is 190 g/mol. The summed E-state index contributed by atoms with van der Waals surface area (Å²) in [6.45, 7) is 4.88. The van der Waals surface area contributed by atoms with Gasteiger partial charge in [0.15, 0.2) is 0 Å². The van der Waals surface area contributed by atoms with Crippen molar-refractivity contribution >= 4 is 5.69 Å². The Balaban J connectivity index is 0.000000583. The maximum absolute atomic E-state index is 8.73. The molecule has 86 valence electrons. The molecule has 1 rings (SSSR count). The third kappa shape index (κ3) is 6.10. The first-order chi connectivity index (χ1) is 7.15. The molecule has 1 aromatic rings. The Morgan fingerprint density at radius 1 is 1.27 bits per heavy atom. The molecule has 3 nitrogen and oxygen atoms in total. The van der Waals surface area contributed by atoms with E-state index >= 15 is 0 Å². The van der Waals surface area contributed by atoms with Gasteiger partial charge in [-0.25, -0.2) is 0 Å². The summed E-state index contributed by atoms with van der Waals surface area (Å²) in [7, 11) is 1.98. The molecule has 0 radical (unpaired) electrons. The lowest BCUT2D eigenvalue weighted by atomic mass is 10.2. The molecular formula is C12H21NO2. The van der Waals surface area contributed by atoms with E-state index in [2.05, 4.69) is 19.1 Å². The van der Waals surface area contributed by atoms with Crippen LogP contribution in [0.25, 0.3) is 0 Å². The summed E-state index contributed by atoms with van der Waals surface area (Å²) in [5.74, 6) is 0. The second-order valence-electron chi connectivity index (χ2n) is 3.30. The SMILES string of the molecule is CCO.Cc1cccc(N(C)CCO)c1. The molecule has 1 aromatic carbocycles. The van der Waals surface area contributed by atoms with Gasteiger partial charge >= 0.3 is 0 Å². The van der Waals surface area contributed by atoms with Crippen molar-refractivity contribution in [2.75, 3.05) is 31.7 Å². The molecule has 0 unspecified atom stereocenters. The van der Waals surface area contributed by atoms with Crippen molar-refractivity contribution in [2.24, 2.45) is 0 Å². The number of aryl methyl sites for hydroxylation is 1. The highest BCUT2D eigenvalue weighted by Crippen LogP contribution is 2.13. The molecule has 3 heteroatoms. The topological polar surface area (TPSA) is 43.7 Å². The fourth-order valence-corrected chi connectivity index (χ4v) is 1.14. The molecule has 0 aliphatic carbocycles. The monoisotopic (exact) mass is 211 g/mol. The number of benzene rings is 1. The van der Waals surface area contributed by atoms with Gasteiger partial charge < -0.3 is 15.1 Å². The normalized spacial score (nSPS) is 9.13. The molecule has 0 saturated carbocycles. The minimum Gasteiger partial charge on any atom is -0.397 e. The molecule has 0 amide bonds. The zero-order valence-corrected chi connectivity index (χ0v) is 9.77. The van der Waals surface area contributed by atoms with E-state index in [-0.39, 0.29) is 13.2 Å². The summed E-state index contributed by atoms with van der Waals surface area (Å²) in [4.78, 5) is 2.03. The predicted molar refractivity (Wildman–Crippen MR) is 64.3 cm³/mol. The largest absolute Gasteiger partial charge is 0.397 e. The molecule has 0 aliphatic rings. The molecule has 0 fully saturated rings. The van der Waals surface area contributed by atoms with Crippen molar-refractivity contribution in [1.82, 2.24) is 0 Å². The molecule has 0 aliphatic heterocycles. The van der Waals surface area contributed by atoms with Crippen molar-refractivity contribution in [3.05, 3.63) is 29.8 Å². The highest BCUT2D eigenvalue weighted by atomic mass is 16.3. The zero-order chi connectivity index (χ0) is 11.7. The van der Waals surface area contributed by atoms with E-state index in [1.54, 1.807) is 6.92 Å². The Hall–Kier alpha value is -1.06. The first-order valence-corrected chi connectivity index (χ1v) is 5.15. The lowest BCUT2D eigenvalue weighted by Gasteiger charge is -2.17. The molecule has 0 aromatic heterocycles. The second-order valence-corrected chi connectivity index (χ2v) is 3.30. The lowest BCUT2D eigenvalue weighted by molar-refractivity contribution is 0.304. The molecule has 0 atom stereocenters. The smallest absolute Gasteiger partial charge is 0.0606 e. The number of anilines is 1. The standard InChI is InChI=1S/C10H15NO.C2H6O/c1-9-4-3-5-10(8-9)11(2)6-7-12;1-2-3/h3-5,8,12H,6-7H2,1-2H3;3H,2H2,1H3. The van der Waals surface area contributed by atoms with E-state index in [1.807, 2.05) is 24.1 Å². The molecule has 0 bridgehead atoms. The Bertz CT molecular complexity index is 264. The number of hydrogen-bond donors (Lipinski definition) is 2. The first-order valence-electron chi connectivity index (χ1n) is 5.15. The third-order valence-corrected chi connectivity index (χ3v) is 1.88. The second kappa shape index (κ2) is 8.26.